The highest BCUT2D eigenvalue weighted by Gasteiger charge is 2.62. The number of aromatic nitrogens is 4. The van der Waals surface area contributed by atoms with E-state index in [0.29, 0.717) is 12.1 Å². The van der Waals surface area contributed by atoms with E-state index >= 15 is 0 Å². The van der Waals surface area contributed by atoms with Crippen molar-refractivity contribution in [3.05, 3.63) is 52.3 Å². The molecule has 0 aliphatic heterocycles. The van der Waals surface area contributed by atoms with Gasteiger partial charge in [-0.3, -0.25) is 4.79 Å². The molecule has 0 spiro atoms. The molecule has 0 atom stereocenters. The van der Waals surface area contributed by atoms with Crippen molar-refractivity contribution in [1.29, 1.82) is 0 Å². The minimum absolute atomic E-state index is 0.103. The molecule has 0 radical (unpaired) electrons. The quantitative estimate of drug-likeness (QED) is 0.502. The van der Waals surface area contributed by atoms with Crippen LogP contribution < -0.4 is 15.0 Å². The Morgan fingerprint density at radius 2 is 1.74 bits per heavy atom. The number of hydrogen-bond donors (Lipinski definition) is 2. The second-order valence-corrected chi connectivity index (χ2v) is 6.38. The maximum Gasteiger partial charge on any atom is 0.459 e. The standard InChI is InChI=1S/C18H10F8N4O4/c1-33-10-5-27-6-28-11(10)14-29-13(16(19,20)18(24,25)26)12(15(32)30-14)34-7-2-3-9(31)8(4-7)17(21,22)23/h2-6,31H,1H3,(H,29,30,32). The average Bonchev–Trinajstić information content (AvgIpc) is 2.74. The fourth-order valence-electron chi connectivity index (χ4n) is 2.58. The third-order valence-corrected chi connectivity index (χ3v) is 4.15. The lowest BCUT2D eigenvalue weighted by Gasteiger charge is -2.21. The molecule has 3 rings (SSSR count). The van der Waals surface area contributed by atoms with E-state index in [2.05, 4.69) is 15.0 Å². The number of hydrogen-bond acceptors (Lipinski definition) is 7. The highest BCUT2D eigenvalue weighted by molar-refractivity contribution is 5.58. The van der Waals surface area contributed by atoms with Crippen molar-refractivity contribution in [2.24, 2.45) is 0 Å². The Morgan fingerprint density at radius 3 is 2.32 bits per heavy atom. The van der Waals surface area contributed by atoms with Crippen LogP contribution in [0.25, 0.3) is 11.5 Å². The maximum absolute atomic E-state index is 14.3. The second-order valence-electron chi connectivity index (χ2n) is 6.38. The van der Waals surface area contributed by atoms with E-state index in [4.69, 9.17) is 9.47 Å². The number of nitrogens with zero attached hydrogens (tertiary/aromatic N) is 3. The van der Waals surface area contributed by atoms with E-state index in [9.17, 15) is 45.0 Å². The zero-order chi connectivity index (χ0) is 25.5. The number of H-pyrrole nitrogens is 1. The lowest BCUT2D eigenvalue weighted by Crippen LogP contribution is -2.36. The van der Waals surface area contributed by atoms with Crippen LogP contribution in [0, 0.1) is 0 Å². The van der Waals surface area contributed by atoms with Crippen LogP contribution in [0.1, 0.15) is 11.3 Å². The van der Waals surface area contributed by atoms with Crippen molar-refractivity contribution in [3.8, 4) is 34.5 Å². The van der Waals surface area contributed by atoms with E-state index < -0.39 is 63.9 Å². The molecule has 0 amide bonds. The van der Waals surface area contributed by atoms with E-state index in [1.807, 2.05) is 4.98 Å². The Hall–Kier alpha value is -3.98. The monoisotopic (exact) mass is 498 g/mol. The molecular weight excluding hydrogens is 488 g/mol. The van der Waals surface area contributed by atoms with Crippen LogP contribution in [0.3, 0.4) is 0 Å². The summed E-state index contributed by atoms with van der Waals surface area (Å²) in [6.07, 6.45) is -9.55. The zero-order valence-corrected chi connectivity index (χ0v) is 16.4. The molecule has 0 saturated heterocycles. The van der Waals surface area contributed by atoms with Crippen molar-refractivity contribution >= 4 is 0 Å². The van der Waals surface area contributed by atoms with Crippen LogP contribution in [0.2, 0.25) is 0 Å². The first kappa shape index (κ1) is 24.7. The molecule has 3 aromatic rings. The lowest BCUT2D eigenvalue weighted by molar-refractivity contribution is -0.291. The van der Waals surface area contributed by atoms with Crippen LogP contribution in [-0.2, 0) is 12.1 Å². The molecule has 0 bridgehead atoms. The summed E-state index contributed by atoms with van der Waals surface area (Å²) in [5.41, 5.74) is -6.11. The molecule has 34 heavy (non-hydrogen) atoms. The molecule has 0 fully saturated rings. The summed E-state index contributed by atoms with van der Waals surface area (Å²) in [7, 11) is 1.09. The summed E-state index contributed by atoms with van der Waals surface area (Å²) in [4.78, 5) is 24.7. The Balaban J connectivity index is 2.25. The molecule has 2 N–H and O–H groups in total. The number of rotatable bonds is 5. The summed E-state index contributed by atoms with van der Waals surface area (Å²) in [6.45, 7) is 0. The minimum Gasteiger partial charge on any atom is -0.507 e. The number of halogens is 8. The third-order valence-electron chi connectivity index (χ3n) is 4.15. The van der Waals surface area contributed by atoms with Crippen molar-refractivity contribution < 1.29 is 49.7 Å². The number of benzene rings is 1. The molecule has 2 heterocycles. The number of methoxy groups -OCH3 is 1. The van der Waals surface area contributed by atoms with Crippen molar-refractivity contribution in [1.82, 2.24) is 19.9 Å². The van der Waals surface area contributed by atoms with Gasteiger partial charge in [0.25, 0.3) is 5.56 Å². The van der Waals surface area contributed by atoms with Gasteiger partial charge in [0, 0.05) is 0 Å². The van der Waals surface area contributed by atoms with Gasteiger partial charge in [-0.2, -0.15) is 35.1 Å². The fraction of sp³-hybridized carbons (Fsp3) is 0.222. The summed E-state index contributed by atoms with van der Waals surface area (Å²) in [5, 5.41) is 9.35. The first-order valence-electron chi connectivity index (χ1n) is 8.68. The van der Waals surface area contributed by atoms with Gasteiger partial charge in [0.05, 0.1) is 13.3 Å². The first-order valence-corrected chi connectivity index (χ1v) is 8.68. The zero-order valence-electron chi connectivity index (χ0n) is 16.4. The highest BCUT2D eigenvalue weighted by atomic mass is 19.4. The van der Waals surface area contributed by atoms with Crippen molar-refractivity contribution in [3.63, 3.8) is 0 Å². The molecule has 16 heteroatoms. The summed E-state index contributed by atoms with van der Waals surface area (Å²) in [5.74, 6) is -10.9. The molecule has 0 saturated carbocycles. The predicted molar refractivity (Wildman–Crippen MR) is 95.6 cm³/mol. The van der Waals surface area contributed by atoms with Gasteiger partial charge in [-0.15, -0.1) is 0 Å². The van der Waals surface area contributed by atoms with Gasteiger partial charge in [0.15, 0.2) is 23.0 Å². The molecule has 2 aromatic heterocycles. The van der Waals surface area contributed by atoms with Gasteiger partial charge in [-0.05, 0) is 18.2 Å². The minimum atomic E-state index is -6.27. The molecule has 0 aliphatic carbocycles. The summed E-state index contributed by atoms with van der Waals surface area (Å²) >= 11 is 0. The Labute approximate surface area is 182 Å². The molecule has 182 valence electrons. The molecular formula is C18H10F8N4O4. The lowest BCUT2D eigenvalue weighted by atomic mass is 10.1. The molecule has 0 unspecified atom stereocenters. The molecule has 0 aliphatic rings. The molecule has 1 aromatic carbocycles. The van der Waals surface area contributed by atoms with Gasteiger partial charge in [0.1, 0.15) is 23.4 Å². The molecule has 8 nitrogen and oxygen atoms in total. The van der Waals surface area contributed by atoms with Crippen LogP contribution in [-0.4, -0.2) is 38.3 Å². The number of aromatic amines is 1. The Bertz CT molecular complexity index is 1270. The Morgan fingerprint density at radius 1 is 1.06 bits per heavy atom. The maximum atomic E-state index is 14.3. The van der Waals surface area contributed by atoms with Crippen LogP contribution in [0.15, 0.2) is 35.5 Å². The smallest absolute Gasteiger partial charge is 0.459 e. The van der Waals surface area contributed by atoms with Crippen molar-refractivity contribution in [2.75, 3.05) is 7.11 Å². The number of ether oxygens (including phenoxy) is 2. The normalized spacial score (nSPS) is 12.5. The second kappa shape index (κ2) is 8.42. The van der Waals surface area contributed by atoms with Crippen LogP contribution in [0.5, 0.6) is 23.0 Å². The average molecular weight is 498 g/mol. The van der Waals surface area contributed by atoms with Gasteiger partial charge >= 0.3 is 18.3 Å². The Kier molecular flexibility index (Phi) is 6.11. The van der Waals surface area contributed by atoms with E-state index in [1.54, 1.807) is 0 Å². The number of aromatic hydroxyl groups is 1. The van der Waals surface area contributed by atoms with Crippen LogP contribution >= 0.6 is 0 Å². The topological polar surface area (TPSA) is 110 Å². The van der Waals surface area contributed by atoms with Gasteiger partial charge in [-0.25, -0.2) is 15.0 Å². The van der Waals surface area contributed by atoms with E-state index in [0.717, 1.165) is 19.6 Å². The van der Waals surface area contributed by atoms with Gasteiger partial charge < -0.3 is 19.6 Å². The number of nitrogens with one attached hydrogen (secondary N) is 1. The largest absolute Gasteiger partial charge is 0.507 e. The third kappa shape index (κ3) is 4.55. The van der Waals surface area contributed by atoms with E-state index in [-0.39, 0.29) is 11.8 Å². The summed E-state index contributed by atoms with van der Waals surface area (Å²) in [6, 6.07) is 1.16. The predicted octanol–water partition coefficient (Wildman–Crippen LogP) is 4.41. The first-order chi connectivity index (χ1) is 15.7. The number of alkyl halides is 8. The number of phenols is 1. The van der Waals surface area contributed by atoms with Crippen molar-refractivity contribution in [2.45, 2.75) is 18.3 Å². The number of phenolic OH excluding ortho intramolecular Hbond substituents is 1. The van der Waals surface area contributed by atoms with Gasteiger partial charge in [0.2, 0.25) is 5.75 Å². The van der Waals surface area contributed by atoms with Crippen LogP contribution in [0.4, 0.5) is 35.1 Å². The highest BCUT2D eigenvalue weighted by Crippen LogP contribution is 2.47. The summed E-state index contributed by atoms with van der Waals surface area (Å²) < 4.78 is 117. The van der Waals surface area contributed by atoms with Gasteiger partial charge in [-0.1, -0.05) is 0 Å². The SMILES string of the molecule is COc1cncnc1-c1nc(C(F)(F)C(F)(F)F)c(Oc2ccc(O)c(C(F)(F)F)c2)c(=O)[nH]1. The van der Waals surface area contributed by atoms with E-state index in [1.165, 1.54) is 0 Å². The fourth-order valence-corrected chi connectivity index (χ4v) is 2.58.